The standard InChI is InChI=1S/C24H29NO6/c1-24(15-5-3-2-4-6-16-24)18-30-21-11-7-19(8-12-21)17-29-23(26)31-22-13-9-20(10-14-22)25(27)28/h7-14H,2-6,15-18H2,1H3. The van der Waals surface area contributed by atoms with Crippen molar-refractivity contribution in [2.75, 3.05) is 6.61 Å². The first-order valence-electron chi connectivity index (χ1n) is 10.7. The molecule has 0 aliphatic heterocycles. The van der Waals surface area contributed by atoms with Gasteiger partial charge in [0.25, 0.3) is 5.69 Å². The zero-order valence-electron chi connectivity index (χ0n) is 17.9. The molecule has 1 saturated carbocycles. The van der Waals surface area contributed by atoms with E-state index in [9.17, 15) is 14.9 Å². The zero-order valence-corrected chi connectivity index (χ0v) is 17.9. The van der Waals surface area contributed by atoms with Crippen molar-refractivity contribution < 1.29 is 23.9 Å². The molecular weight excluding hydrogens is 398 g/mol. The molecular formula is C24H29NO6. The fourth-order valence-corrected chi connectivity index (χ4v) is 3.75. The average Bonchev–Trinajstić information content (AvgIpc) is 2.75. The normalized spacial score (nSPS) is 15.9. The summed E-state index contributed by atoms with van der Waals surface area (Å²) in [5, 5.41) is 10.6. The summed E-state index contributed by atoms with van der Waals surface area (Å²) in [7, 11) is 0. The fourth-order valence-electron chi connectivity index (χ4n) is 3.75. The molecule has 0 saturated heterocycles. The number of nitro benzene ring substituents is 1. The van der Waals surface area contributed by atoms with Crippen LogP contribution in [0.25, 0.3) is 0 Å². The van der Waals surface area contributed by atoms with Crippen molar-refractivity contribution in [2.45, 2.75) is 58.5 Å². The molecule has 0 spiro atoms. The van der Waals surface area contributed by atoms with Gasteiger partial charge < -0.3 is 14.2 Å². The molecule has 1 aliphatic rings. The molecule has 1 fully saturated rings. The molecule has 0 heterocycles. The number of carbonyl (C=O) groups excluding carboxylic acids is 1. The molecule has 1 aliphatic carbocycles. The number of benzene rings is 2. The third-order valence-corrected chi connectivity index (χ3v) is 5.68. The van der Waals surface area contributed by atoms with Crippen LogP contribution in [0.3, 0.4) is 0 Å². The third-order valence-electron chi connectivity index (χ3n) is 5.68. The number of hydrogen-bond donors (Lipinski definition) is 0. The number of rotatable bonds is 7. The van der Waals surface area contributed by atoms with Gasteiger partial charge >= 0.3 is 6.16 Å². The van der Waals surface area contributed by atoms with Crippen LogP contribution in [-0.2, 0) is 11.3 Å². The summed E-state index contributed by atoms with van der Waals surface area (Å²) in [5.74, 6) is 0.988. The number of nitro groups is 1. The van der Waals surface area contributed by atoms with E-state index < -0.39 is 11.1 Å². The second-order valence-electron chi connectivity index (χ2n) is 8.40. The van der Waals surface area contributed by atoms with Crippen LogP contribution in [0.5, 0.6) is 11.5 Å². The van der Waals surface area contributed by atoms with Gasteiger partial charge in [-0.3, -0.25) is 10.1 Å². The Kier molecular flexibility index (Phi) is 7.87. The first-order valence-corrected chi connectivity index (χ1v) is 10.7. The SMILES string of the molecule is CC1(COc2ccc(COC(=O)Oc3ccc([N+](=O)[O-])cc3)cc2)CCCCCCC1. The van der Waals surface area contributed by atoms with E-state index in [1.165, 1.54) is 69.2 Å². The monoisotopic (exact) mass is 427 g/mol. The first-order chi connectivity index (χ1) is 14.9. The first kappa shape index (κ1) is 22.6. The highest BCUT2D eigenvalue weighted by Gasteiger charge is 2.25. The average molecular weight is 427 g/mol. The maximum Gasteiger partial charge on any atom is 0.514 e. The Morgan fingerprint density at radius 3 is 2.13 bits per heavy atom. The predicted octanol–water partition coefficient (Wildman–Crippen LogP) is 6.44. The number of non-ortho nitro benzene ring substituents is 1. The summed E-state index contributed by atoms with van der Waals surface area (Å²) < 4.78 is 16.2. The second kappa shape index (κ2) is 10.8. The molecule has 0 unspecified atom stereocenters. The van der Waals surface area contributed by atoms with Gasteiger partial charge in [0.05, 0.1) is 11.5 Å². The van der Waals surface area contributed by atoms with Crippen molar-refractivity contribution in [1.29, 1.82) is 0 Å². The van der Waals surface area contributed by atoms with Gasteiger partial charge in [0.15, 0.2) is 0 Å². The highest BCUT2D eigenvalue weighted by atomic mass is 16.7. The van der Waals surface area contributed by atoms with Crippen LogP contribution in [0, 0.1) is 15.5 Å². The van der Waals surface area contributed by atoms with Gasteiger partial charge in [0, 0.05) is 17.5 Å². The minimum absolute atomic E-state index is 0.0593. The minimum atomic E-state index is -0.869. The van der Waals surface area contributed by atoms with Crippen LogP contribution in [0.4, 0.5) is 10.5 Å². The zero-order chi connectivity index (χ0) is 22.1. The second-order valence-corrected chi connectivity index (χ2v) is 8.40. The molecule has 0 bridgehead atoms. The summed E-state index contributed by atoms with van der Waals surface area (Å²) in [6.45, 7) is 3.09. The molecule has 2 aromatic rings. The Morgan fingerprint density at radius 2 is 1.52 bits per heavy atom. The Morgan fingerprint density at radius 1 is 0.935 bits per heavy atom. The molecule has 7 heteroatoms. The van der Waals surface area contributed by atoms with Crippen LogP contribution in [0.15, 0.2) is 48.5 Å². The third kappa shape index (κ3) is 7.27. The lowest BCUT2D eigenvalue weighted by Gasteiger charge is -2.31. The number of hydrogen-bond acceptors (Lipinski definition) is 6. The molecule has 0 N–H and O–H groups in total. The smallest absolute Gasteiger partial charge is 0.493 e. The summed E-state index contributed by atoms with van der Waals surface area (Å²) in [4.78, 5) is 22.0. The van der Waals surface area contributed by atoms with E-state index in [2.05, 4.69) is 6.92 Å². The Labute approximate surface area is 182 Å². The number of nitrogens with zero attached hydrogens (tertiary/aromatic N) is 1. The highest BCUT2D eigenvalue weighted by molar-refractivity contribution is 5.64. The summed E-state index contributed by atoms with van der Waals surface area (Å²) in [6, 6.07) is 12.7. The van der Waals surface area contributed by atoms with E-state index in [1.54, 1.807) is 0 Å². The molecule has 0 aromatic heterocycles. The molecule has 0 atom stereocenters. The number of carbonyl (C=O) groups is 1. The van der Waals surface area contributed by atoms with Crippen molar-refractivity contribution in [3.05, 3.63) is 64.2 Å². The Bertz CT molecular complexity index is 855. The van der Waals surface area contributed by atoms with Crippen LogP contribution in [-0.4, -0.2) is 17.7 Å². The van der Waals surface area contributed by atoms with E-state index in [4.69, 9.17) is 14.2 Å². The summed E-state index contributed by atoms with van der Waals surface area (Å²) in [5.41, 5.74) is 0.959. The van der Waals surface area contributed by atoms with E-state index in [0.717, 1.165) is 11.3 Å². The van der Waals surface area contributed by atoms with Gasteiger partial charge in [-0.1, -0.05) is 51.2 Å². The fraction of sp³-hybridized carbons (Fsp3) is 0.458. The van der Waals surface area contributed by atoms with Gasteiger partial charge in [0.2, 0.25) is 0 Å². The van der Waals surface area contributed by atoms with Gasteiger partial charge in [-0.2, -0.15) is 0 Å². The Hall–Kier alpha value is -3.09. The molecule has 3 rings (SSSR count). The van der Waals surface area contributed by atoms with Gasteiger partial charge in [0.1, 0.15) is 18.1 Å². The van der Waals surface area contributed by atoms with Gasteiger partial charge in [-0.25, -0.2) is 4.79 Å². The summed E-state index contributed by atoms with van der Waals surface area (Å²) in [6.07, 6.45) is 8.06. The topological polar surface area (TPSA) is 87.9 Å². The Balaban J connectivity index is 1.43. The largest absolute Gasteiger partial charge is 0.514 e. The van der Waals surface area contributed by atoms with E-state index in [1.807, 2.05) is 24.3 Å². The van der Waals surface area contributed by atoms with Crippen LogP contribution >= 0.6 is 0 Å². The van der Waals surface area contributed by atoms with E-state index in [0.29, 0.717) is 6.61 Å². The van der Waals surface area contributed by atoms with Crippen LogP contribution in [0.2, 0.25) is 0 Å². The molecule has 0 amide bonds. The van der Waals surface area contributed by atoms with Crippen molar-refractivity contribution in [1.82, 2.24) is 0 Å². The van der Waals surface area contributed by atoms with Crippen molar-refractivity contribution >= 4 is 11.8 Å². The predicted molar refractivity (Wildman–Crippen MR) is 116 cm³/mol. The van der Waals surface area contributed by atoms with Crippen molar-refractivity contribution in [3.8, 4) is 11.5 Å². The molecule has 2 aromatic carbocycles. The van der Waals surface area contributed by atoms with Gasteiger partial charge in [-0.05, 0) is 42.7 Å². The lowest BCUT2D eigenvalue weighted by Crippen LogP contribution is -2.26. The quantitative estimate of drug-likeness (QED) is 0.219. The minimum Gasteiger partial charge on any atom is -0.493 e. The maximum atomic E-state index is 11.8. The van der Waals surface area contributed by atoms with Crippen LogP contribution < -0.4 is 9.47 Å². The summed E-state index contributed by atoms with van der Waals surface area (Å²) >= 11 is 0. The molecule has 7 nitrogen and oxygen atoms in total. The van der Waals surface area contributed by atoms with Crippen LogP contribution in [0.1, 0.15) is 57.4 Å². The maximum absolute atomic E-state index is 11.8. The molecule has 31 heavy (non-hydrogen) atoms. The van der Waals surface area contributed by atoms with Crippen molar-refractivity contribution in [2.24, 2.45) is 5.41 Å². The van der Waals surface area contributed by atoms with Gasteiger partial charge in [-0.15, -0.1) is 0 Å². The molecule has 166 valence electrons. The van der Waals surface area contributed by atoms with E-state index >= 15 is 0 Å². The lowest BCUT2D eigenvalue weighted by atomic mass is 9.78. The highest BCUT2D eigenvalue weighted by Crippen LogP contribution is 2.34. The number of ether oxygens (including phenoxy) is 3. The van der Waals surface area contributed by atoms with E-state index in [-0.39, 0.29) is 23.5 Å². The van der Waals surface area contributed by atoms with Crippen molar-refractivity contribution in [3.63, 3.8) is 0 Å². The lowest BCUT2D eigenvalue weighted by molar-refractivity contribution is -0.384. The molecule has 0 radical (unpaired) electrons.